The van der Waals surface area contributed by atoms with Crippen LogP contribution in [0.15, 0.2) is 48.5 Å². The number of halogens is 1. The van der Waals surface area contributed by atoms with E-state index in [-0.39, 0.29) is 30.1 Å². The first-order valence-corrected chi connectivity index (χ1v) is 8.63. The number of nitrogens with two attached hydrogens (primary N) is 1. The molecule has 3 rings (SSSR count). The van der Waals surface area contributed by atoms with Gasteiger partial charge in [0.05, 0.1) is 6.54 Å². The highest BCUT2D eigenvalue weighted by atomic mass is 19.1. The molecule has 0 bridgehead atoms. The van der Waals surface area contributed by atoms with Crippen LogP contribution in [0.25, 0.3) is 0 Å². The molecule has 2 atom stereocenters. The molecule has 2 unspecified atom stereocenters. The second-order valence-corrected chi connectivity index (χ2v) is 6.53. The minimum atomic E-state index is -0.614. The first-order valence-electron chi connectivity index (χ1n) is 8.63. The summed E-state index contributed by atoms with van der Waals surface area (Å²) in [5, 5.41) is 5.25. The van der Waals surface area contributed by atoms with Crippen LogP contribution in [0.2, 0.25) is 0 Å². The molecule has 0 saturated heterocycles. The van der Waals surface area contributed by atoms with Crippen molar-refractivity contribution in [3.8, 4) is 0 Å². The highest BCUT2D eigenvalue weighted by Crippen LogP contribution is 2.48. The van der Waals surface area contributed by atoms with Crippen molar-refractivity contribution < 1.29 is 18.8 Å². The molecule has 27 heavy (non-hydrogen) atoms. The van der Waals surface area contributed by atoms with Crippen molar-refractivity contribution >= 4 is 17.7 Å². The van der Waals surface area contributed by atoms with E-state index in [1.165, 1.54) is 6.07 Å². The Morgan fingerprint density at radius 2 is 1.74 bits per heavy atom. The first kappa shape index (κ1) is 18.6. The average molecular weight is 369 g/mol. The molecule has 0 spiro atoms. The van der Waals surface area contributed by atoms with Gasteiger partial charge in [-0.2, -0.15) is 0 Å². The number of amides is 3. The number of carbonyl (C=O) groups excluding carboxylic acids is 3. The summed E-state index contributed by atoms with van der Waals surface area (Å²) in [7, 11) is 0. The van der Waals surface area contributed by atoms with Crippen molar-refractivity contribution in [3.05, 3.63) is 71.0 Å². The number of nitrogens with one attached hydrogen (secondary N) is 2. The quantitative estimate of drug-likeness (QED) is 0.689. The molecule has 6 nitrogen and oxygen atoms in total. The molecular weight excluding hydrogens is 349 g/mol. The predicted octanol–water partition coefficient (Wildman–Crippen LogP) is 1.46. The van der Waals surface area contributed by atoms with E-state index in [2.05, 4.69) is 10.6 Å². The van der Waals surface area contributed by atoms with Gasteiger partial charge < -0.3 is 16.4 Å². The van der Waals surface area contributed by atoms with Crippen molar-refractivity contribution in [2.45, 2.75) is 18.9 Å². The lowest BCUT2D eigenvalue weighted by atomic mass is 10.1. The van der Waals surface area contributed by atoms with Crippen LogP contribution >= 0.6 is 0 Å². The van der Waals surface area contributed by atoms with Gasteiger partial charge in [0, 0.05) is 18.0 Å². The summed E-state index contributed by atoms with van der Waals surface area (Å²) in [6, 6.07) is 13.2. The topological polar surface area (TPSA) is 101 Å². The largest absolute Gasteiger partial charge is 0.368 e. The molecule has 1 aliphatic carbocycles. The maximum Gasteiger partial charge on any atom is 0.251 e. The van der Waals surface area contributed by atoms with Gasteiger partial charge >= 0.3 is 0 Å². The van der Waals surface area contributed by atoms with E-state index in [1.807, 2.05) is 0 Å². The zero-order valence-electron chi connectivity index (χ0n) is 14.6. The molecule has 0 heterocycles. The van der Waals surface area contributed by atoms with Crippen LogP contribution in [0.3, 0.4) is 0 Å². The van der Waals surface area contributed by atoms with E-state index >= 15 is 0 Å². The summed E-state index contributed by atoms with van der Waals surface area (Å²) in [5.41, 5.74) is 6.80. The van der Waals surface area contributed by atoms with Gasteiger partial charge in [-0.15, -0.1) is 0 Å². The molecule has 140 valence electrons. The van der Waals surface area contributed by atoms with Crippen LogP contribution in [0.5, 0.6) is 0 Å². The van der Waals surface area contributed by atoms with Gasteiger partial charge in [0.25, 0.3) is 5.91 Å². The van der Waals surface area contributed by atoms with Gasteiger partial charge in [-0.1, -0.05) is 30.3 Å². The number of hydrogen-bond donors (Lipinski definition) is 3. The van der Waals surface area contributed by atoms with Gasteiger partial charge in [0.1, 0.15) is 5.82 Å². The lowest BCUT2D eigenvalue weighted by Gasteiger charge is -2.07. The molecule has 1 saturated carbocycles. The Kier molecular flexibility index (Phi) is 5.49. The molecule has 0 aliphatic heterocycles. The number of hydrogen-bond acceptors (Lipinski definition) is 3. The molecule has 0 radical (unpaired) electrons. The third-order valence-corrected chi connectivity index (χ3v) is 4.54. The fourth-order valence-electron chi connectivity index (χ4n) is 2.97. The molecule has 4 N–H and O–H groups in total. The molecule has 1 aliphatic rings. The van der Waals surface area contributed by atoms with Crippen LogP contribution in [-0.2, 0) is 16.1 Å². The van der Waals surface area contributed by atoms with E-state index < -0.39 is 11.8 Å². The van der Waals surface area contributed by atoms with Gasteiger partial charge in [0.15, 0.2) is 0 Å². The standard InChI is InChI=1S/C20H20FN3O3/c21-17-4-2-1-3-14(17)15-9-16(15)20(27)23-10-12-5-7-13(8-6-12)19(26)24-11-18(22)25/h1-8,15-16H,9-11H2,(H2,22,25)(H,23,27)(H,24,26). The third-order valence-electron chi connectivity index (χ3n) is 4.54. The zero-order valence-corrected chi connectivity index (χ0v) is 14.6. The number of rotatable bonds is 7. The van der Waals surface area contributed by atoms with Crippen LogP contribution in [0.1, 0.15) is 33.8 Å². The van der Waals surface area contributed by atoms with Crippen LogP contribution < -0.4 is 16.4 Å². The Balaban J connectivity index is 1.49. The van der Waals surface area contributed by atoms with E-state index in [9.17, 15) is 18.8 Å². The van der Waals surface area contributed by atoms with E-state index in [1.54, 1.807) is 42.5 Å². The van der Waals surface area contributed by atoms with Crippen molar-refractivity contribution in [2.75, 3.05) is 6.54 Å². The monoisotopic (exact) mass is 369 g/mol. The number of carbonyl (C=O) groups is 3. The van der Waals surface area contributed by atoms with E-state index in [4.69, 9.17) is 5.73 Å². The summed E-state index contributed by atoms with van der Waals surface area (Å²) >= 11 is 0. The van der Waals surface area contributed by atoms with E-state index in [0.29, 0.717) is 24.1 Å². The predicted molar refractivity (Wildman–Crippen MR) is 97.1 cm³/mol. The van der Waals surface area contributed by atoms with Crippen molar-refractivity contribution in [3.63, 3.8) is 0 Å². The highest BCUT2D eigenvalue weighted by Gasteiger charge is 2.44. The normalized spacial score (nSPS) is 17.8. The number of benzene rings is 2. The highest BCUT2D eigenvalue weighted by molar-refractivity contribution is 5.96. The Morgan fingerprint density at radius 3 is 2.41 bits per heavy atom. The Bertz CT molecular complexity index is 867. The maximum absolute atomic E-state index is 13.8. The Morgan fingerprint density at radius 1 is 1.04 bits per heavy atom. The second-order valence-electron chi connectivity index (χ2n) is 6.53. The van der Waals surface area contributed by atoms with Gasteiger partial charge in [0.2, 0.25) is 11.8 Å². The van der Waals surface area contributed by atoms with Gasteiger partial charge in [-0.25, -0.2) is 4.39 Å². The molecule has 2 aromatic rings. The fourth-order valence-corrected chi connectivity index (χ4v) is 2.97. The second kappa shape index (κ2) is 7.99. The molecule has 3 amide bonds. The SMILES string of the molecule is NC(=O)CNC(=O)c1ccc(CNC(=O)C2CC2c2ccccc2F)cc1. The lowest BCUT2D eigenvalue weighted by Crippen LogP contribution is -2.33. The Labute approximate surface area is 155 Å². The lowest BCUT2D eigenvalue weighted by molar-refractivity contribution is -0.122. The maximum atomic E-state index is 13.8. The van der Waals surface area contributed by atoms with Crippen LogP contribution in [-0.4, -0.2) is 24.3 Å². The Hall–Kier alpha value is -3.22. The van der Waals surface area contributed by atoms with E-state index in [0.717, 1.165) is 5.56 Å². The molecule has 1 fully saturated rings. The minimum absolute atomic E-state index is 0.0671. The average Bonchev–Trinajstić information content (AvgIpc) is 3.45. The van der Waals surface area contributed by atoms with Crippen molar-refractivity contribution in [1.29, 1.82) is 0 Å². The summed E-state index contributed by atoms with van der Waals surface area (Å²) in [4.78, 5) is 34.7. The molecule has 0 aromatic heterocycles. The number of primary amides is 1. The first-order chi connectivity index (χ1) is 13.0. The summed E-state index contributed by atoms with van der Waals surface area (Å²) in [5.74, 6) is -1.66. The minimum Gasteiger partial charge on any atom is -0.368 e. The molecule has 2 aromatic carbocycles. The van der Waals surface area contributed by atoms with Crippen LogP contribution in [0, 0.1) is 11.7 Å². The smallest absolute Gasteiger partial charge is 0.251 e. The van der Waals surface area contributed by atoms with Gasteiger partial charge in [-0.05, 0) is 41.7 Å². The summed E-state index contributed by atoms with van der Waals surface area (Å²) < 4.78 is 13.8. The van der Waals surface area contributed by atoms with Crippen molar-refractivity contribution in [2.24, 2.45) is 11.7 Å². The summed E-state index contributed by atoms with van der Waals surface area (Å²) in [6.45, 7) is 0.101. The zero-order chi connectivity index (χ0) is 19.4. The molecular formula is C20H20FN3O3. The molecule has 7 heteroatoms. The third kappa shape index (κ3) is 4.69. The fraction of sp³-hybridized carbons (Fsp3) is 0.250. The van der Waals surface area contributed by atoms with Crippen LogP contribution in [0.4, 0.5) is 4.39 Å². The van der Waals surface area contributed by atoms with Crippen molar-refractivity contribution in [1.82, 2.24) is 10.6 Å². The van der Waals surface area contributed by atoms with Gasteiger partial charge in [-0.3, -0.25) is 14.4 Å². The summed E-state index contributed by atoms with van der Waals surface area (Å²) in [6.07, 6.45) is 0.645.